The average Bonchev–Trinajstić information content (AvgIpc) is 3.15. The number of hydrogen-bond donors (Lipinski definition) is 1. The second-order valence-corrected chi connectivity index (χ2v) is 7.83. The SMILES string of the molecule is C[C@H]1C(=O)N(C)C(N)=N[C@]1(C)c1ccc(C2=CC(C#N)CC(C#N)=C2)s1. The van der Waals surface area contributed by atoms with E-state index in [9.17, 15) is 15.3 Å². The molecule has 0 saturated carbocycles. The zero-order chi connectivity index (χ0) is 19.1. The number of aliphatic imine (C=N–C) groups is 1. The molecule has 3 rings (SSSR count). The van der Waals surface area contributed by atoms with Gasteiger partial charge in [0, 0.05) is 28.8 Å². The molecule has 1 aromatic rings. The maximum absolute atomic E-state index is 12.5. The van der Waals surface area contributed by atoms with Gasteiger partial charge in [0.15, 0.2) is 5.96 Å². The maximum atomic E-state index is 12.5. The van der Waals surface area contributed by atoms with Crippen molar-refractivity contribution in [1.29, 1.82) is 10.5 Å². The number of nitrogens with two attached hydrogens (primary N) is 1. The molecule has 6 nitrogen and oxygen atoms in total. The lowest BCUT2D eigenvalue weighted by atomic mass is 9.84. The molecule has 3 atom stereocenters. The molecule has 0 spiro atoms. The number of nitrogens with zero attached hydrogens (tertiary/aromatic N) is 4. The monoisotopic (exact) mass is 365 g/mol. The van der Waals surface area contributed by atoms with Gasteiger partial charge in [-0.25, -0.2) is 4.99 Å². The third-order valence-corrected chi connectivity index (χ3v) is 6.44. The van der Waals surface area contributed by atoms with Gasteiger partial charge < -0.3 is 5.73 Å². The van der Waals surface area contributed by atoms with Gasteiger partial charge in [-0.2, -0.15) is 10.5 Å². The normalized spacial score (nSPS) is 28.6. The Morgan fingerprint density at radius 1 is 1.42 bits per heavy atom. The van der Waals surface area contributed by atoms with Crippen LogP contribution in [0.4, 0.5) is 0 Å². The highest BCUT2D eigenvalue weighted by molar-refractivity contribution is 7.13. The number of allylic oxidation sites excluding steroid dienone is 4. The van der Waals surface area contributed by atoms with Crippen LogP contribution >= 0.6 is 11.3 Å². The first kappa shape index (κ1) is 17.9. The lowest BCUT2D eigenvalue weighted by Gasteiger charge is -2.37. The Balaban J connectivity index is 2.02. The Bertz CT molecular complexity index is 942. The summed E-state index contributed by atoms with van der Waals surface area (Å²) in [5, 5.41) is 18.4. The molecular formula is C19H19N5OS. The van der Waals surface area contributed by atoms with E-state index in [1.165, 1.54) is 16.2 Å². The van der Waals surface area contributed by atoms with Crippen molar-refractivity contribution in [2.24, 2.45) is 22.6 Å². The molecular weight excluding hydrogens is 346 g/mol. The molecule has 1 unspecified atom stereocenters. The molecule has 0 saturated heterocycles. The second kappa shape index (κ2) is 6.44. The number of thiophene rings is 1. The first-order chi connectivity index (χ1) is 12.3. The molecule has 2 N–H and O–H groups in total. The van der Waals surface area contributed by atoms with E-state index in [2.05, 4.69) is 17.1 Å². The van der Waals surface area contributed by atoms with Crippen LogP contribution in [0.1, 0.15) is 30.0 Å². The molecule has 2 heterocycles. The van der Waals surface area contributed by atoms with E-state index in [1.54, 1.807) is 7.05 Å². The largest absolute Gasteiger partial charge is 0.369 e. The van der Waals surface area contributed by atoms with E-state index in [0.717, 1.165) is 15.3 Å². The first-order valence-corrected chi connectivity index (χ1v) is 9.07. The minimum Gasteiger partial charge on any atom is -0.369 e. The molecule has 1 aliphatic heterocycles. The molecule has 0 fully saturated rings. The summed E-state index contributed by atoms with van der Waals surface area (Å²) in [7, 11) is 1.63. The van der Waals surface area contributed by atoms with Crippen molar-refractivity contribution in [3.05, 3.63) is 39.6 Å². The second-order valence-electron chi connectivity index (χ2n) is 6.74. The standard InChI is InChI=1S/C19H19N5OS/c1-11-17(25)24(3)18(22)23-19(11,2)16-5-4-15(26-16)14-7-12(9-20)6-13(8-14)10-21/h4-5,7-8,11-12H,6H2,1-3H3,(H2,22,23)/t11-,12?,19-/m0/s1. The number of carbonyl (C=O) groups is 1. The Kier molecular flexibility index (Phi) is 4.43. The number of amides is 1. The van der Waals surface area contributed by atoms with Gasteiger partial charge >= 0.3 is 0 Å². The number of carbonyl (C=O) groups excluding carboxylic acids is 1. The van der Waals surface area contributed by atoms with Crippen molar-refractivity contribution in [2.75, 3.05) is 7.05 Å². The van der Waals surface area contributed by atoms with Crippen LogP contribution in [0.3, 0.4) is 0 Å². The summed E-state index contributed by atoms with van der Waals surface area (Å²) in [5.74, 6) is -0.506. The van der Waals surface area contributed by atoms with Crippen LogP contribution in [0, 0.1) is 34.5 Å². The molecule has 1 amide bonds. The van der Waals surface area contributed by atoms with E-state index in [1.807, 2.05) is 38.1 Å². The van der Waals surface area contributed by atoms with Crippen molar-refractivity contribution in [1.82, 2.24) is 4.90 Å². The van der Waals surface area contributed by atoms with Crippen LogP contribution in [0.2, 0.25) is 0 Å². The van der Waals surface area contributed by atoms with Gasteiger partial charge in [-0.3, -0.25) is 9.69 Å². The summed E-state index contributed by atoms with van der Waals surface area (Å²) >= 11 is 1.51. The summed E-state index contributed by atoms with van der Waals surface area (Å²) in [5.41, 5.74) is 6.66. The van der Waals surface area contributed by atoms with Gasteiger partial charge in [0.05, 0.1) is 24.0 Å². The molecule has 132 valence electrons. The number of nitriles is 2. The molecule has 1 aromatic heterocycles. The fourth-order valence-corrected chi connectivity index (χ4v) is 4.39. The molecule has 7 heteroatoms. The maximum Gasteiger partial charge on any atom is 0.234 e. The van der Waals surface area contributed by atoms with Crippen LogP contribution < -0.4 is 5.73 Å². The fourth-order valence-electron chi connectivity index (χ4n) is 3.21. The third kappa shape index (κ3) is 2.81. The van der Waals surface area contributed by atoms with Crippen molar-refractivity contribution in [2.45, 2.75) is 25.8 Å². The van der Waals surface area contributed by atoms with Crippen LogP contribution in [-0.4, -0.2) is 23.8 Å². The lowest BCUT2D eigenvalue weighted by molar-refractivity contribution is -0.133. The summed E-state index contributed by atoms with van der Waals surface area (Å²) in [6, 6.07) is 8.27. The van der Waals surface area contributed by atoms with Crippen molar-refractivity contribution in [3.8, 4) is 12.1 Å². The van der Waals surface area contributed by atoms with Gasteiger partial charge in [0.2, 0.25) is 5.91 Å². The van der Waals surface area contributed by atoms with Gasteiger partial charge in [-0.15, -0.1) is 11.3 Å². The van der Waals surface area contributed by atoms with E-state index in [-0.39, 0.29) is 23.7 Å². The van der Waals surface area contributed by atoms with E-state index in [4.69, 9.17) is 5.73 Å². The Hall–Kier alpha value is -2.90. The van der Waals surface area contributed by atoms with Crippen molar-refractivity contribution in [3.63, 3.8) is 0 Å². The Morgan fingerprint density at radius 2 is 2.15 bits per heavy atom. The Labute approximate surface area is 156 Å². The zero-order valence-corrected chi connectivity index (χ0v) is 15.7. The highest BCUT2D eigenvalue weighted by Crippen LogP contribution is 2.43. The van der Waals surface area contributed by atoms with E-state index >= 15 is 0 Å². The van der Waals surface area contributed by atoms with Gasteiger partial charge in [0.1, 0.15) is 5.54 Å². The predicted molar refractivity (Wildman–Crippen MR) is 101 cm³/mol. The molecule has 0 aromatic carbocycles. The topological polar surface area (TPSA) is 106 Å². The Morgan fingerprint density at radius 3 is 2.81 bits per heavy atom. The predicted octanol–water partition coefficient (Wildman–Crippen LogP) is 2.76. The van der Waals surface area contributed by atoms with Gasteiger partial charge in [-0.1, -0.05) is 13.0 Å². The third-order valence-electron chi connectivity index (χ3n) is 5.08. The van der Waals surface area contributed by atoms with Crippen molar-refractivity contribution >= 4 is 28.8 Å². The number of rotatable bonds is 2. The van der Waals surface area contributed by atoms with E-state index < -0.39 is 5.54 Å². The van der Waals surface area contributed by atoms with Crippen LogP contribution in [0.15, 0.2) is 34.9 Å². The summed E-state index contributed by atoms with van der Waals surface area (Å²) in [6.07, 6.45) is 4.16. The minimum absolute atomic E-state index is 0.0666. The van der Waals surface area contributed by atoms with Crippen molar-refractivity contribution < 1.29 is 4.79 Å². The molecule has 0 bridgehead atoms. The minimum atomic E-state index is -0.734. The molecule has 1 aliphatic carbocycles. The van der Waals surface area contributed by atoms with E-state index in [0.29, 0.717) is 12.0 Å². The highest BCUT2D eigenvalue weighted by atomic mass is 32.1. The van der Waals surface area contributed by atoms with Crippen LogP contribution in [0.25, 0.3) is 5.57 Å². The number of guanidine groups is 1. The van der Waals surface area contributed by atoms with Gasteiger partial charge in [0.25, 0.3) is 0 Å². The zero-order valence-electron chi connectivity index (χ0n) is 14.9. The molecule has 26 heavy (non-hydrogen) atoms. The molecule has 2 aliphatic rings. The van der Waals surface area contributed by atoms with Crippen LogP contribution in [0.5, 0.6) is 0 Å². The summed E-state index contributed by atoms with van der Waals surface area (Å²) < 4.78 is 0. The average molecular weight is 365 g/mol. The highest BCUT2D eigenvalue weighted by Gasteiger charge is 2.44. The lowest BCUT2D eigenvalue weighted by Crippen LogP contribution is -2.52. The smallest absolute Gasteiger partial charge is 0.234 e. The summed E-state index contributed by atoms with van der Waals surface area (Å²) in [4.78, 5) is 20.3. The quantitative estimate of drug-likeness (QED) is 0.869. The van der Waals surface area contributed by atoms with Gasteiger partial charge in [-0.05, 0) is 30.7 Å². The summed E-state index contributed by atoms with van der Waals surface area (Å²) in [6.45, 7) is 3.77. The number of hydrogen-bond acceptors (Lipinski definition) is 6. The van der Waals surface area contributed by atoms with Crippen LogP contribution in [-0.2, 0) is 10.3 Å². The fraction of sp³-hybridized carbons (Fsp3) is 0.368. The first-order valence-electron chi connectivity index (χ1n) is 8.26. The molecule has 0 radical (unpaired) electrons.